The smallest absolute Gasteiger partial charge is 0.161 e. The molecule has 1 saturated heterocycles. The summed E-state index contributed by atoms with van der Waals surface area (Å²) in [5.74, 6) is 7.57. The van der Waals surface area contributed by atoms with E-state index in [0.29, 0.717) is 25.5 Å². The molecule has 1 unspecified atom stereocenters. The monoisotopic (exact) mass is 262 g/mol. The first kappa shape index (κ1) is 13.5. The molecule has 0 saturated carbocycles. The van der Waals surface area contributed by atoms with Crippen LogP contribution in [0.4, 0.5) is 11.6 Å². The van der Waals surface area contributed by atoms with Crippen molar-refractivity contribution in [1.29, 1.82) is 5.26 Å². The average Bonchev–Trinajstić information content (AvgIpc) is 2.47. The SMILES string of the molecule is CCCc1nc(NN)cc(N2CCOC(C#N)C2)n1. The number of nitriles is 1. The van der Waals surface area contributed by atoms with Gasteiger partial charge in [-0.2, -0.15) is 5.26 Å². The summed E-state index contributed by atoms with van der Waals surface area (Å²) >= 11 is 0. The molecular formula is C12H18N6O. The Morgan fingerprint density at radius 2 is 2.47 bits per heavy atom. The molecule has 19 heavy (non-hydrogen) atoms. The van der Waals surface area contributed by atoms with Crippen molar-refractivity contribution in [3.05, 3.63) is 11.9 Å². The van der Waals surface area contributed by atoms with Crippen molar-refractivity contribution >= 4 is 11.6 Å². The number of nitrogens with zero attached hydrogens (tertiary/aromatic N) is 4. The molecule has 0 aliphatic carbocycles. The topological polar surface area (TPSA) is 100 Å². The van der Waals surface area contributed by atoms with Crippen LogP contribution in [0.3, 0.4) is 0 Å². The van der Waals surface area contributed by atoms with Crippen LogP contribution in [0.25, 0.3) is 0 Å². The Morgan fingerprint density at radius 3 is 3.16 bits per heavy atom. The molecule has 7 heteroatoms. The molecule has 1 aliphatic rings. The maximum Gasteiger partial charge on any atom is 0.161 e. The van der Waals surface area contributed by atoms with Crippen molar-refractivity contribution in [3.8, 4) is 6.07 Å². The van der Waals surface area contributed by atoms with Crippen molar-refractivity contribution in [2.45, 2.75) is 25.9 Å². The Labute approximate surface area is 112 Å². The van der Waals surface area contributed by atoms with Gasteiger partial charge in [-0.15, -0.1) is 0 Å². The number of aryl methyl sites for hydroxylation is 1. The highest BCUT2D eigenvalue weighted by Crippen LogP contribution is 2.19. The van der Waals surface area contributed by atoms with E-state index in [1.165, 1.54) is 0 Å². The van der Waals surface area contributed by atoms with E-state index in [9.17, 15) is 0 Å². The van der Waals surface area contributed by atoms with E-state index >= 15 is 0 Å². The molecule has 0 bridgehead atoms. The van der Waals surface area contributed by atoms with Crippen LogP contribution >= 0.6 is 0 Å². The first-order chi connectivity index (χ1) is 9.26. The molecule has 0 radical (unpaired) electrons. The highest BCUT2D eigenvalue weighted by Gasteiger charge is 2.21. The predicted octanol–water partition coefficient (Wildman–Crippen LogP) is 0.443. The number of hydrogen-bond donors (Lipinski definition) is 2. The van der Waals surface area contributed by atoms with Crippen molar-refractivity contribution in [3.63, 3.8) is 0 Å². The Morgan fingerprint density at radius 1 is 1.63 bits per heavy atom. The molecule has 1 atom stereocenters. The number of nitrogens with one attached hydrogen (secondary N) is 1. The zero-order valence-electron chi connectivity index (χ0n) is 11.0. The summed E-state index contributed by atoms with van der Waals surface area (Å²) in [7, 11) is 0. The zero-order valence-corrected chi connectivity index (χ0v) is 11.0. The lowest BCUT2D eigenvalue weighted by Gasteiger charge is -2.30. The van der Waals surface area contributed by atoms with E-state index in [4.69, 9.17) is 15.8 Å². The summed E-state index contributed by atoms with van der Waals surface area (Å²) in [5.41, 5.74) is 2.56. The van der Waals surface area contributed by atoms with Gasteiger partial charge < -0.3 is 15.1 Å². The molecule has 2 heterocycles. The first-order valence-electron chi connectivity index (χ1n) is 6.37. The first-order valence-corrected chi connectivity index (χ1v) is 6.37. The fourth-order valence-electron chi connectivity index (χ4n) is 1.99. The second-order valence-corrected chi connectivity index (χ2v) is 4.36. The molecule has 1 aliphatic heterocycles. The van der Waals surface area contributed by atoms with Gasteiger partial charge in [0.1, 0.15) is 17.5 Å². The highest BCUT2D eigenvalue weighted by molar-refractivity contribution is 5.49. The molecule has 1 aromatic heterocycles. The fourth-order valence-corrected chi connectivity index (χ4v) is 1.99. The van der Waals surface area contributed by atoms with Crippen LogP contribution < -0.4 is 16.2 Å². The van der Waals surface area contributed by atoms with E-state index < -0.39 is 6.10 Å². The Kier molecular flexibility index (Phi) is 4.49. The lowest BCUT2D eigenvalue weighted by atomic mass is 10.2. The van der Waals surface area contributed by atoms with Crippen LogP contribution in [0.15, 0.2) is 6.07 Å². The minimum absolute atomic E-state index is 0.410. The minimum atomic E-state index is -0.410. The highest BCUT2D eigenvalue weighted by atomic mass is 16.5. The third kappa shape index (κ3) is 3.30. The molecule has 3 N–H and O–H groups in total. The number of nitrogens with two attached hydrogens (primary N) is 1. The van der Waals surface area contributed by atoms with Gasteiger partial charge in [0.2, 0.25) is 0 Å². The van der Waals surface area contributed by atoms with Gasteiger partial charge in [-0.25, -0.2) is 15.8 Å². The molecule has 0 aromatic carbocycles. The van der Waals surface area contributed by atoms with E-state index in [-0.39, 0.29) is 0 Å². The average molecular weight is 262 g/mol. The van der Waals surface area contributed by atoms with Gasteiger partial charge in [0.15, 0.2) is 6.10 Å². The van der Waals surface area contributed by atoms with E-state index in [2.05, 4.69) is 28.4 Å². The molecule has 2 rings (SSSR count). The predicted molar refractivity (Wildman–Crippen MR) is 71.4 cm³/mol. The Bertz CT molecular complexity index is 472. The molecule has 102 valence electrons. The van der Waals surface area contributed by atoms with Crippen LogP contribution in [-0.4, -0.2) is 35.8 Å². The van der Waals surface area contributed by atoms with E-state index in [0.717, 1.165) is 24.5 Å². The van der Waals surface area contributed by atoms with Gasteiger partial charge in [0.25, 0.3) is 0 Å². The zero-order chi connectivity index (χ0) is 13.7. The van der Waals surface area contributed by atoms with Gasteiger partial charge in [-0.05, 0) is 6.42 Å². The number of nitrogen functional groups attached to an aromatic ring is 1. The van der Waals surface area contributed by atoms with E-state index in [1.54, 1.807) is 6.07 Å². The second-order valence-electron chi connectivity index (χ2n) is 4.36. The van der Waals surface area contributed by atoms with Crippen molar-refractivity contribution in [1.82, 2.24) is 9.97 Å². The maximum atomic E-state index is 8.93. The number of hydrogen-bond acceptors (Lipinski definition) is 7. The quantitative estimate of drug-likeness (QED) is 0.600. The number of ether oxygens (including phenoxy) is 1. The van der Waals surface area contributed by atoms with Gasteiger partial charge in [-0.1, -0.05) is 6.92 Å². The lowest BCUT2D eigenvalue weighted by Crippen LogP contribution is -2.42. The summed E-state index contributed by atoms with van der Waals surface area (Å²) in [6, 6.07) is 3.91. The van der Waals surface area contributed by atoms with Crippen LogP contribution in [0, 0.1) is 11.3 Å². The van der Waals surface area contributed by atoms with Crippen LogP contribution in [-0.2, 0) is 11.2 Å². The van der Waals surface area contributed by atoms with Crippen LogP contribution in [0.2, 0.25) is 0 Å². The molecule has 0 spiro atoms. The minimum Gasteiger partial charge on any atom is -0.360 e. The molecule has 1 fully saturated rings. The van der Waals surface area contributed by atoms with Crippen molar-refractivity contribution < 1.29 is 4.74 Å². The summed E-state index contributed by atoms with van der Waals surface area (Å²) < 4.78 is 5.33. The standard InChI is InChI=1S/C12H18N6O/c1-2-3-10-15-11(17-14)6-12(16-10)18-4-5-19-9(7-13)8-18/h6,9H,2-5,8,14H2,1H3,(H,15,16,17). The molecule has 7 nitrogen and oxygen atoms in total. The molecule has 1 aromatic rings. The second kappa shape index (κ2) is 6.31. The number of hydrazine groups is 1. The van der Waals surface area contributed by atoms with Crippen LogP contribution in [0.5, 0.6) is 0 Å². The lowest BCUT2D eigenvalue weighted by molar-refractivity contribution is 0.0761. The molecule has 0 amide bonds. The van der Waals surface area contributed by atoms with Crippen molar-refractivity contribution in [2.75, 3.05) is 30.0 Å². The maximum absolute atomic E-state index is 8.93. The summed E-state index contributed by atoms with van der Waals surface area (Å²) in [6.07, 6.45) is 1.36. The van der Waals surface area contributed by atoms with E-state index in [1.807, 2.05) is 4.90 Å². The van der Waals surface area contributed by atoms with Crippen molar-refractivity contribution in [2.24, 2.45) is 5.84 Å². The summed E-state index contributed by atoms with van der Waals surface area (Å²) in [6.45, 7) is 3.83. The summed E-state index contributed by atoms with van der Waals surface area (Å²) in [5, 5.41) is 8.93. The Hall–Kier alpha value is -1.91. The normalized spacial score (nSPS) is 19.0. The number of rotatable bonds is 4. The van der Waals surface area contributed by atoms with Crippen LogP contribution in [0.1, 0.15) is 19.2 Å². The number of morpholine rings is 1. The number of aromatic nitrogens is 2. The van der Waals surface area contributed by atoms with Gasteiger partial charge in [-0.3, -0.25) is 0 Å². The number of anilines is 2. The van der Waals surface area contributed by atoms with Gasteiger partial charge in [0.05, 0.1) is 19.2 Å². The fraction of sp³-hybridized carbons (Fsp3) is 0.583. The third-order valence-electron chi connectivity index (χ3n) is 2.91. The Balaban J connectivity index is 2.22. The third-order valence-corrected chi connectivity index (χ3v) is 2.91. The largest absolute Gasteiger partial charge is 0.360 e. The summed E-state index contributed by atoms with van der Waals surface area (Å²) in [4.78, 5) is 10.9. The van der Waals surface area contributed by atoms with Gasteiger partial charge >= 0.3 is 0 Å². The van der Waals surface area contributed by atoms with Gasteiger partial charge in [0, 0.05) is 19.0 Å². The molecular weight excluding hydrogens is 244 g/mol.